The second kappa shape index (κ2) is 6.24. The number of halogens is 1. The van der Waals surface area contributed by atoms with Gasteiger partial charge in [0.2, 0.25) is 5.91 Å². The predicted octanol–water partition coefficient (Wildman–Crippen LogP) is 1.28. The lowest BCUT2D eigenvalue weighted by Gasteiger charge is -2.34. The Balaban J connectivity index is 0.00000147. The third-order valence-corrected chi connectivity index (χ3v) is 3.66. The van der Waals surface area contributed by atoms with Crippen molar-refractivity contribution >= 4 is 29.2 Å². The van der Waals surface area contributed by atoms with Gasteiger partial charge in [-0.15, -0.1) is 12.4 Å². The minimum absolute atomic E-state index is 0. The van der Waals surface area contributed by atoms with Gasteiger partial charge >= 0.3 is 0 Å². The molecule has 1 atom stereocenters. The number of hydrogen-bond acceptors (Lipinski definition) is 3. The van der Waals surface area contributed by atoms with Gasteiger partial charge in [0.1, 0.15) is 6.54 Å². The summed E-state index contributed by atoms with van der Waals surface area (Å²) in [6.07, 6.45) is 1.81. The van der Waals surface area contributed by atoms with Crippen LogP contribution in [0.1, 0.15) is 6.92 Å². The topological polar surface area (TPSA) is 50.2 Å². The van der Waals surface area contributed by atoms with Crippen molar-refractivity contribution < 1.29 is 4.79 Å². The van der Waals surface area contributed by atoms with E-state index in [0.717, 1.165) is 30.5 Å². The van der Waals surface area contributed by atoms with Crippen LogP contribution in [-0.4, -0.2) is 46.3 Å². The van der Waals surface area contributed by atoms with Crippen molar-refractivity contribution in [3.05, 3.63) is 30.5 Å². The molecule has 1 aromatic carbocycles. The third-order valence-electron chi connectivity index (χ3n) is 3.66. The van der Waals surface area contributed by atoms with Crippen LogP contribution in [0.5, 0.6) is 0 Å². The van der Waals surface area contributed by atoms with Gasteiger partial charge in [0.05, 0.1) is 11.7 Å². The molecular formula is C14H19ClN4O. The van der Waals surface area contributed by atoms with Gasteiger partial charge in [-0.05, 0) is 13.0 Å². The molecule has 1 N–H and O–H groups in total. The second-order valence-corrected chi connectivity index (χ2v) is 5.00. The number of nitrogens with one attached hydrogen (secondary N) is 1. The molecule has 20 heavy (non-hydrogen) atoms. The number of nitrogens with zero attached hydrogens (tertiary/aromatic N) is 3. The number of hydrogen-bond donors (Lipinski definition) is 1. The molecule has 0 unspecified atom stereocenters. The first kappa shape index (κ1) is 14.8. The molecule has 2 heterocycles. The van der Waals surface area contributed by atoms with Gasteiger partial charge in [-0.3, -0.25) is 9.48 Å². The zero-order valence-electron chi connectivity index (χ0n) is 11.5. The highest BCUT2D eigenvalue weighted by molar-refractivity contribution is 5.85. The maximum atomic E-state index is 12.4. The van der Waals surface area contributed by atoms with Crippen LogP contribution in [0, 0.1) is 0 Å². The van der Waals surface area contributed by atoms with E-state index in [4.69, 9.17) is 0 Å². The summed E-state index contributed by atoms with van der Waals surface area (Å²) in [5, 5.41) is 8.67. The number of amides is 1. The molecule has 1 fully saturated rings. The molecular weight excluding hydrogens is 276 g/mol. The summed E-state index contributed by atoms with van der Waals surface area (Å²) in [5.74, 6) is 0.142. The maximum Gasteiger partial charge on any atom is 0.244 e. The largest absolute Gasteiger partial charge is 0.336 e. The molecule has 0 spiro atoms. The fourth-order valence-corrected chi connectivity index (χ4v) is 2.58. The van der Waals surface area contributed by atoms with Crippen molar-refractivity contribution in [1.29, 1.82) is 0 Å². The van der Waals surface area contributed by atoms with Crippen LogP contribution in [0.25, 0.3) is 10.9 Å². The van der Waals surface area contributed by atoms with Crippen LogP contribution < -0.4 is 5.32 Å². The molecule has 1 aliphatic rings. The summed E-state index contributed by atoms with van der Waals surface area (Å²) >= 11 is 0. The Hall–Kier alpha value is -1.59. The van der Waals surface area contributed by atoms with E-state index in [2.05, 4.69) is 17.3 Å². The zero-order valence-corrected chi connectivity index (χ0v) is 12.3. The molecule has 0 saturated carbocycles. The van der Waals surface area contributed by atoms with E-state index in [1.54, 1.807) is 4.68 Å². The average molecular weight is 295 g/mol. The van der Waals surface area contributed by atoms with E-state index in [0.29, 0.717) is 6.54 Å². The number of rotatable bonds is 2. The van der Waals surface area contributed by atoms with Crippen molar-refractivity contribution in [3.63, 3.8) is 0 Å². The normalized spacial score (nSPS) is 18.9. The highest BCUT2D eigenvalue weighted by Gasteiger charge is 2.23. The van der Waals surface area contributed by atoms with Crippen LogP contribution >= 0.6 is 12.4 Å². The third kappa shape index (κ3) is 2.78. The Morgan fingerprint density at radius 3 is 3.05 bits per heavy atom. The van der Waals surface area contributed by atoms with Crippen molar-refractivity contribution in [1.82, 2.24) is 20.0 Å². The molecule has 3 rings (SSSR count). The number of benzene rings is 1. The molecule has 1 saturated heterocycles. The van der Waals surface area contributed by atoms with Gasteiger partial charge in [-0.1, -0.05) is 18.2 Å². The zero-order chi connectivity index (χ0) is 13.2. The fourth-order valence-electron chi connectivity index (χ4n) is 2.58. The Morgan fingerprint density at radius 2 is 2.25 bits per heavy atom. The monoisotopic (exact) mass is 294 g/mol. The lowest BCUT2D eigenvalue weighted by Crippen LogP contribution is -2.53. The molecule has 0 bridgehead atoms. The Bertz CT molecular complexity index is 598. The first-order valence-electron chi connectivity index (χ1n) is 6.66. The summed E-state index contributed by atoms with van der Waals surface area (Å²) in [6.45, 7) is 4.91. The van der Waals surface area contributed by atoms with Crippen LogP contribution in [0.4, 0.5) is 0 Å². The molecule has 0 radical (unpaired) electrons. The quantitative estimate of drug-likeness (QED) is 0.908. The summed E-state index contributed by atoms with van der Waals surface area (Å²) in [7, 11) is 0. The highest BCUT2D eigenvalue weighted by Crippen LogP contribution is 2.13. The molecule has 1 aliphatic heterocycles. The summed E-state index contributed by atoms with van der Waals surface area (Å²) in [6, 6.07) is 8.21. The lowest BCUT2D eigenvalue weighted by molar-refractivity contribution is -0.134. The van der Waals surface area contributed by atoms with Gasteiger partial charge in [-0.25, -0.2) is 0 Å². The van der Waals surface area contributed by atoms with Crippen molar-refractivity contribution in [2.75, 3.05) is 19.6 Å². The lowest BCUT2D eigenvalue weighted by atomic mass is 10.2. The maximum absolute atomic E-state index is 12.4. The number of piperazine rings is 1. The molecule has 0 aliphatic carbocycles. The van der Waals surface area contributed by atoms with Crippen molar-refractivity contribution in [2.24, 2.45) is 0 Å². The minimum Gasteiger partial charge on any atom is -0.336 e. The average Bonchev–Trinajstić information content (AvgIpc) is 2.83. The number of para-hydroxylation sites is 1. The molecule has 1 amide bonds. The SMILES string of the molecule is C[C@H]1CNCCN1C(=O)Cn1ncc2ccccc21.Cl. The van der Waals surface area contributed by atoms with E-state index in [9.17, 15) is 4.79 Å². The smallest absolute Gasteiger partial charge is 0.244 e. The predicted molar refractivity (Wildman–Crippen MR) is 81.0 cm³/mol. The first-order chi connectivity index (χ1) is 9.25. The van der Waals surface area contributed by atoms with Crippen LogP contribution in [-0.2, 0) is 11.3 Å². The molecule has 5 nitrogen and oxygen atoms in total. The molecule has 6 heteroatoms. The number of carbonyl (C=O) groups excluding carboxylic acids is 1. The van der Waals surface area contributed by atoms with E-state index in [-0.39, 0.29) is 24.4 Å². The molecule has 2 aromatic rings. The first-order valence-corrected chi connectivity index (χ1v) is 6.66. The Kier molecular flexibility index (Phi) is 4.62. The minimum atomic E-state index is 0. The van der Waals surface area contributed by atoms with Gasteiger partial charge in [-0.2, -0.15) is 5.10 Å². The van der Waals surface area contributed by atoms with E-state index < -0.39 is 0 Å². The number of aromatic nitrogens is 2. The van der Waals surface area contributed by atoms with Gasteiger partial charge in [0, 0.05) is 31.1 Å². The van der Waals surface area contributed by atoms with E-state index >= 15 is 0 Å². The van der Waals surface area contributed by atoms with E-state index in [1.807, 2.05) is 35.4 Å². The van der Waals surface area contributed by atoms with Crippen LogP contribution in [0.3, 0.4) is 0 Å². The second-order valence-electron chi connectivity index (χ2n) is 5.00. The van der Waals surface area contributed by atoms with Crippen LogP contribution in [0.2, 0.25) is 0 Å². The Morgan fingerprint density at radius 1 is 1.45 bits per heavy atom. The number of fused-ring (bicyclic) bond motifs is 1. The van der Waals surface area contributed by atoms with E-state index in [1.165, 1.54) is 0 Å². The molecule has 108 valence electrons. The van der Waals surface area contributed by atoms with Crippen molar-refractivity contribution in [3.8, 4) is 0 Å². The van der Waals surface area contributed by atoms with Gasteiger partial charge in [0.15, 0.2) is 0 Å². The highest BCUT2D eigenvalue weighted by atomic mass is 35.5. The summed E-state index contributed by atoms with van der Waals surface area (Å²) in [4.78, 5) is 14.3. The van der Waals surface area contributed by atoms with Gasteiger partial charge < -0.3 is 10.2 Å². The molecule has 1 aromatic heterocycles. The summed E-state index contributed by atoms with van der Waals surface area (Å²) < 4.78 is 1.78. The van der Waals surface area contributed by atoms with Crippen LogP contribution in [0.15, 0.2) is 30.5 Å². The Labute approximate surface area is 124 Å². The standard InChI is InChI=1S/C14H18N4O.ClH/c1-11-8-15-6-7-17(11)14(19)10-18-13-5-3-2-4-12(13)9-16-18;/h2-5,9,11,15H,6-8,10H2,1H3;1H/t11-;/m0./s1. The summed E-state index contributed by atoms with van der Waals surface area (Å²) in [5.41, 5.74) is 1.01. The van der Waals surface area contributed by atoms with Crippen molar-refractivity contribution in [2.45, 2.75) is 19.5 Å². The number of carbonyl (C=O) groups is 1. The fraction of sp³-hybridized carbons (Fsp3) is 0.429. The van der Waals surface area contributed by atoms with Gasteiger partial charge in [0.25, 0.3) is 0 Å².